The van der Waals surface area contributed by atoms with Crippen molar-refractivity contribution >= 4 is 55.5 Å². The van der Waals surface area contributed by atoms with E-state index in [0.717, 1.165) is 91.5 Å². The molecule has 0 atom stereocenters. The van der Waals surface area contributed by atoms with Crippen molar-refractivity contribution in [3.05, 3.63) is 236 Å². The van der Waals surface area contributed by atoms with Gasteiger partial charge in [0.2, 0.25) is 0 Å². The fourth-order valence-electron chi connectivity index (χ4n) is 12.9. The van der Waals surface area contributed by atoms with Gasteiger partial charge in [-0.2, -0.15) is 0 Å². The molecule has 0 fully saturated rings. The summed E-state index contributed by atoms with van der Waals surface area (Å²) in [5.74, 6) is 3.68. The molecule has 0 radical (unpaired) electrons. The van der Waals surface area contributed by atoms with E-state index in [2.05, 4.69) is 267 Å². The minimum absolute atomic E-state index is 0.173. The summed E-state index contributed by atoms with van der Waals surface area (Å²) >= 11 is 0. The zero-order valence-electron chi connectivity index (χ0n) is 56.2. The Kier molecular flexibility index (Phi) is 18.5. The zero-order valence-corrected chi connectivity index (χ0v) is 56.2. The summed E-state index contributed by atoms with van der Waals surface area (Å²) in [5, 5.41) is 9.58. The van der Waals surface area contributed by atoms with Gasteiger partial charge in [-0.25, -0.2) is 0 Å². The normalized spacial score (nSPS) is 13.3. The number of hydrogen-bond acceptors (Lipinski definition) is 6. The zero-order chi connectivity index (χ0) is 63.5. The molecule has 464 valence electrons. The Balaban J connectivity index is 1.09. The van der Waals surface area contributed by atoms with Crippen LogP contribution in [0.2, 0.25) is 0 Å². The molecular formula is C84H94N2O4. The number of aliphatic imine (C=N–C) groups is 2. The van der Waals surface area contributed by atoms with E-state index in [1.54, 1.807) is 0 Å². The Labute approximate surface area is 536 Å². The Hall–Kier alpha value is -8.22. The van der Waals surface area contributed by atoms with Gasteiger partial charge < -0.3 is 18.9 Å². The van der Waals surface area contributed by atoms with E-state index in [-0.39, 0.29) is 21.7 Å². The first-order valence-corrected chi connectivity index (χ1v) is 33.0. The maximum atomic E-state index is 7.37. The first kappa shape index (κ1) is 63.4. The highest BCUT2D eigenvalue weighted by molar-refractivity contribution is 6.14. The van der Waals surface area contributed by atoms with Crippen molar-refractivity contribution in [2.45, 2.75) is 157 Å². The molecule has 0 saturated heterocycles. The summed E-state index contributed by atoms with van der Waals surface area (Å²) < 4.78 is 29.1. The van der Waals surface area contributed by atoms with Gasteiger partial charge >= 0.3 is 0 Å². The molecule has 11 rings (SSSR count). The first-order valence-electron chi connectivity index (χ1n) is 33.0. The third-order valence-corrected chi connectivity index (χ3v) is 17.9. The number of benzene rings is 10. The van der Waals surface area contributed by atoms with Crippen LogP contribution >= 0.6 is 0 Å². The molecule has 10 aromatic carbocycles. The van der Waals surface area contributed by atoms with Gasteiger partial charge in [0.15, 0.2) is 0 Å². The quantitative estimate of drug-likeness (QED) is 0.0549. The lowest BCUT2D eigenvalue weighted by atomic mass is 9.79. The number of ether oxygens (including phenoxy) is 4. The third-order valence-electron chi connectivity index (χ3n) is 17.9. The van der Waals surface area contributed by atoms with Crippen molar-refractivity contribution in [3.63, 3.8) is 0 Å². The van der Waals surface area contributed by atoms with Crippen molar-refractivity contribution in [1.29, 1.82) is 0 Å². The van der Waals surface area contributed by atoms with Crippen molar-refractivity contribution in [3.8, 4) is 23.0 Å². The fraction of sp³-hybridized carbons (Fsp3) is 0.357. The number of rotatable bonds is 16. The van der Waals surface area contributed by atoms with E-state index in [1.807, 2.05) is 0 Å². The van der Waals surface area contributed by atoms with Crippen molar-refractivity contribution < 1.29 is 18.9 Å². The maximum absolute atomic E-state index is 7.37. The number of hydrogen-bond donors (Lipinski definition) is 0. The Morgan fingerprint density at radius 1 is 0.311 bits per heavy atom. The molecule has 6 nitrogen and oxygen atoms in total. The van der Waals surface area contributed by atoms with Crippen molar-refractivity contribution in [2.75, 3.05) is 39.5 Å². The molecule has 10 aromatic rings. The molecular weight excluding hydrogens is 1100 g/mol. The van der Waals surface area contributed by atoms with Crippen LogP contribution in [0.5, 0.6) is 23.0 Å². The van der Waals surface area contributed by atoms with Crippen molar-refractivity contribution in [1.82, 2.24) is 0 Å². The smallest absolute Gasteiger partial charge is 0.126 e. The summed E-state index contributed by atoms with van der Waals surface area (Å²) in [5.41, 5.74) is 15.7. The molecule has 0 saturated carbocycles. The van der Waals surface area contributed by atoms with Gasteiger partial charge in [0, 0.05) is 49.2 Å². The maximum Gasteiger partial charge on any atom is 0.126 e. The summed E-state index contributed by atoms with van der Waals surface area (Å²) in [7, 11) is 0. The van der Waals surface area contributed by atoms with E-state index in [0.29, 0.717) is 65.2 Å². The molecule has 0 N–H and O–H groups in total. The van der Waals surface area contributed by atoms with Crippen LogP contribution in [0.3, 0.4) is 0 Å². The minimum Gasteiger partial charge on any atom is -0.493 e. The second kappa shape index (κ2) is 26.3. The first-order chi connectivity index (χ1) is 43.0. The van der Waals surface area contributed by atoms with Crippen LogP contribution in [0.1, 0.15) is 188 Å². The van der Waals surface area contributed by atoms with Crippen LogP contribution in [0.4, 0.5) is 0 Å². The fourth-order valence-corrected chi connectivity index (χ4v) is 12.9. The van der Waals surface area contributed by atoms with E-state index in [9.17, 15) is 0 Å². The van der Waals surface area contributed by atoms with Crippen LogP contribution in [0.15, 0.2) is 168 Å². The van der Waals surface area contributed by atoms with Gasteiger partial charge in [-0.15, -0.1) is 0 Å². The van der Waals surface area contributed by atoms with Gasteiger partial charge in [0.05, 0.1) is 26.3 Å². The lowest BCUT2D eigenvalue weighted by Crippen LogP contribution is -2.18. The molecule has 1 aliphatic rings. The lowest BCUT2D eigenvalue weighted by Gasteiger charge is -2.29. The van der Waals surface area contributed by atoms with Gasteiger partial charge in [0.1, 0.15) is 36.2 Å². The lowest BCUT2D eigenvalue weighted by molar-refractivity contribution is 0.308. The number of fused-ring (bicyclic) bond motifs is 12. The summed E-state index contributed by atoms with van der Waals surface area (Å²) in [6.07, 6.45) is 8.27. The largest absolute Gasteiger partial charge is 0.493 e. The van der Waals surface area contributed by atoms with Gasteiger partial charge in [-0.3, -0.25) is 9.98 Å². The van der Waals surface area contributed by atoms with Gasteiger partial charge in [-0.05, 0) is 156 Å². The highest BCUT2D eigenvalue weighted by atomic mass is 16.5. The Morgan fingerprint density at radius 3 is 0.756 bits per heavy atom. The monoisotopic (exact) mass is 1190 g/mol. The molecule has 90 heavy (non-hydrogen) atoms. The van der Waals surface area contributed by atoms with Crippen LogP contribution < -0.4 is 18.9 Å². The van der Waals surface area contributed by atoms with Crippen LogP contribution in [-0.4, -0.2) is 51.9 Å². The van der Waals surface area contributed by atoms with E-state index >= 15 is 0 Å². The summed E-state index contributed by atoms with van der Waals surface area (Å²) in [6.45, 7) is 35.3. The predicted molar refractivity (Wildman–Crippen MR) is 382 cm³/mol. The third kappa shape index (κ3) is 14.0. The highest BCUT2D eigenvalue weighted by Crippen LogP contribution is 2.45. The summed E-state index contributed by atoms with van der Waals surface area (Å²) in [6, 6.07) is 58.4. The molecule has 0 aromatic heterocycles. The van der Waals surface area contributed by atoms with Crippen LogP contribution in [-0.2, 0) is 47.3 Å². The molecule has 8 bridgehead atoms. The van der Waals surface area contributed by atoms with Crippen LogP contribution in [0, 0.1) is 0 Å². The van der Waals surface area contributed by atoms with Crippen LogP contribution in [0.25, 0.3) is 43.1 Å². The second-order valence-corrected chi connectivity index (χ2v) is 29.1. The topological polar surface area (TPSA) is 61.6 Å². The van der Waals surface area contributed by atoms with E-state index < -0.39 is 0 Å². The highest BCUT2D eigenvalue weighted by Gasteiger charge is 2.30. The summed E-state index contributed by atoms with van der Waals surface area (Å²) in [4.78, 5) is 10.3. The van der Waals surface area contributed by atoms with Gasteiger partial charge in [-0.1, -0.05) is 243 Å². The average Bonchev–Trinajstić information content (AvgIpc) is 0.885. The molecule has 6 heteroatoms. The standard InChI is InChI=1S/C84H94N2O4/c1-15-35-87-77-59-41-63-49-69(83(9,10)11)51-65(79(63)89-37-33-85-53-75-71-29-21-17-25-55(71)39-56-26-18-22-30-72(56)75)43-61-47-68(82(6,7)8)48-62(78(61)88-36-16-2)44-66-52-70(84(12,13)14)50-64(42-60(77)46-67(45-59)81(3,4)5)80(66)90-38-34-86-54-76-73-31-23-19-27-57(73)40-58-28-20-24-32-74(58)76/h17-32,39-40,45-54H,15-16,33-38,41-44H2,1-14H3. The van der Waals surface area contributed by atoms with Crippen molar-refractivity contribution in [2.24, 2.45) is 9.98 Å². The number of nitrogens with zero attached hydrogens (tertiary/aromatic N) is 2. The van der Waals surface area contributed by atoms with E-state index in [4.69, 9.17) is 28.9 Å². The van der Waals surface area contributed by atoms with Gasteiger partial charge in [0.25, 0.3) is 0 Å². The Bertz CT molecular complexity index is 3840. The second-order valence-electron chi connectivity index (χ2n) is 29.1. The SMILES string of the molecule is CCCOc1c2cc(C(C)(C)C)cc1Cc1cc(C(C)(C)C)cc(c1OCCN=Cc1c3ccccc3cc3ccccc13)Cc1cc(C(C)(C)C)cc(c1OCCC)Cc1cc(C(C)(C)C)cc(c1OCCN=Cc1c3ccccc3cc3ccccc13)C2. The molecule has 0 aliphatic heterocycles. The molecule has 0 unspecified atom stereocenters. The average molecular weight is 1200 g/mol. The predicted octanol–water partition coefficient (Wildman–Crippen LogP) is 20.7. The Morgan fingerprint density at radius 2 is 0.533 bits per heavy atom. The molecule has 0 heterocycles. The molecule has 1 aliphatic carbocycles. The molecule has 0 spiro atoms. The molecule has 0 amide bonds. The minimum atomic E-state index is -0.174. The van der Waals surface area contributed by atoms with E-state index in [1.165, 1.54) is 65.3 Å².